The number of anilines is 1. The number of para-hydroxylation sites is 1. The van der Waals surface area contributed by atoms with E-state index in [1.807, 2.05) is 18.2 Å². The summed E-state index contributed by atoms with van der Waals surface area (Å²) in [6.45, 7) is 4.09. The first-order valence-electron chi connectivity index (χ1n) is 10.4. The minimum Gasteiger partial charge on any atom is -0.379 e. The summed E-state index contributed by atoms with van der Waals surface area (Å²) >= 11 is 2.81. The summed E-state index contributed by atoms with van der Waals surface area (Å²) in [6.07, 6.45) is 1.17. The third-order valence-electron chi connectivity index (χ3n) is 5.57. The van der Waals surface area contributed by atoms with E-state index in [0.717, 1.165) is 28.0 Å². The van der Waals surface area contributed by atoms with Crippen LogP contribution >= 0.6 is 22.7 Å². The fourth-order valence-electron chi connectivity index (χ4n) is 3.82. The quantitative estimate of drug-likeness (QED) is 0.399. The lowest BCUT2D eigenvalue weighted by atomic mass is 10.2. The van der Waals surface area contributed by atoms with Crippen molar-refractivity contribution >= 4 is 64.0 Å². The predicted octanol–water partition coefficient (Wildman–Crippen LogP) is 3.29. The second kappa shape index (κ2) is 9.07. The second-order valence-electron chi connectivity index (χ2n) is 7.82. The summed E-state index contributed by atoms with van der Waals surface area (Å²) in [5.41, 5.74) is 3.57. The highest BCUT2D eigenvalue weighted by molar-refractivity contribution is 7.91. The lowest BCUT2D eigenvalue weighted by Gasteiger charge is -2.29. The maximum Gasteiger partial charge on any atom is 0.260 e. The molecule has 1 amide bonds. The van der Waals surface area contributed by atoms with Gasteiger partial charge >= 0.3 is 0 Å². The van der Waals surface area contributed by atoms with E-state index >= 15 is 0 Å². The van der Waals surface area contributed by atoms with Crippen LogP contribution in [0.25, 0.3) is 20.4 Å². The van der Waals surface area contributed by atoms with Gasteiger partial charge in [-0.15, -0.1) is 11.3 Å². The Bertz CT molecular complexity index is 1420. The number of morpholine rings is 1. The number of amides is 1. The molecule has 0 spiro atoms. The number of hydrogen-bond donors (Lipinski definition) is 0. The molecule has 0 bridgehead atoms. The molecular weight excluding hydrogens is 480 g/mol. The molecule has 1 saturated heterocycles. The van der Waals surface area contributed by atoms with E-state index in [4.69, 9.17) is 4.74 Å². The molecule has 0 unspecified atom stereocenters. The standard InChI is InChI=1S/C22H22N4O4S3/c1-33(28,29)19-4-2-3-17-20(19)24-22(32-17)26(8-7-25-9-11-30-12-10-25)21(27)15-5-6-16-18(13-15)31-14-23-16/h2-6,13-14H,7-12H2,1H3. The molecule has 33 heavy (non-hydrogen) atoms. The SMILES string of the molecule is CS(=O)(=O)c1cccc2sc(N(CCN3CCOCC3)C(=O)c3ccc4ncsc4c3)nc12. The van der Waals surface area contributed by atoms with Crippen molar-refractivity contribution in [1.29, 1.82) is 0 Å². The monoisotopic (exact) mass is 502 g/mol. The first-order valence-corrected chi connectivity index (χ1v) is 14.0. The average Bonchev–Trinajstić information content (AvgIpc) is 3.45. The molecule has 0 saturated carbocycles. The van der Waals surface area contributed by atoms with Crippen molar-refractivity contribution in [2.24, 2.45) is 0 Å². The molecule has 3 heterocycles. The van der Waals surface area contributed by atoms with E-state index in [9.17, 15) is 13.2 Å². The zero-order chi connectivity index (χ0) is 23.0. The fraction of sp³-hybridized carbons (Fsp3) is 0.318. The van der Waals surface area contributed by atoms with E-state index in [1.165, 1.54) is 28.9 Å². The van der Waals surface area contributed by atoms with Crippen molar-refractivity contribution < 1.29 is 17.9 Å². The van der Waals surface area contributed by atoms with Gasteiger partial charge in [0.05, 0.1) is 38.5 Å². The molecule has 11 heteroatoms. The van der Waals surface area contributed by atoms with Crippen molar-refractivity contribution in [1.82, 2.24) is 14.9 Å². The van der Waals surface area contributed by atoms with E-state index in [1.54, 1.807) is 28.6 Å². The number of benzene rings is 2. The van der Waals surface area contributed by atoms with Crippen LogP contribution in [0, 0.1) is 0 Å². The first kappa shape index (κ1) is 22.4. The highest BCUT2D eigenvalue weighted by Gasteiger charge is 2.25. The van der Waals surface area contributed by atoms with E-state index in [2.05, 4.69) is 14.9 Å². The van der Waals surface area contributed by atoms with Crippen molar-refractivity contribution in [2.75, 3.05) is 50.5 Å². The number of hydrogen-bond acceptors (Lipinski definition) is 9. The number of carbonyl (C=O) groups is 1. The van der Waals surface area contributed by atoms with Crippen LogP contribution in [0.3, 0.4) is 0 Å². The van der Waals surface area contributed by atoms with Crippen LogP contribution in [0.2, 0.25) is 0 Å². The Labute approximate surface area is 199 Å². The highest BCUT2D eigenvalue weighted by Crippen LogP contribution is 2.33. The Hall–Kier alpha value is -2.44. The molecule has 0 atom stereocenters. The molecule has 4 aromatic rings. The number of ether oxygens (including phenoxy) is 1. The van der Waals surface area contributed by atoms with Crippen LogP contribution in [-0.4, -0.2) is 74.8 Å². The van der Waals surface area contributed by atoms with Gasteiger partial charge in [-0.2, -0.15) is 0 Å². The number of carbonyl (C=O) groups excluding carboxylic acids is 1. The highest BCUT2D eigenvalue weighted by atomic mass is 32.2. The topological polar surface area (TPSA) is 92.7 Å². The predicted molar refractivity (Wildman–Crippen MR) is 131 cm³/mol. The Kier molecular flexibility index (Phi) is 6.14. The van der Waals surface area contributed by atoms with Gasteiger partial charge in [0.25, 0.3) is 5.91 Å². The maximum atomic E-state index is 13.7. The zero-order valence-corrected chi connectivity index (χ0v) is 20.4. The van der Waals surface area contributed by atoms with E-state index in [0.29, 0.717) is 42.5 Å². The van der Waals surface area contributed by atoms with Crippen molar-refractivity contribution in [3.63, 3.8) is 0 Å². The Morgan fingerprint density at radius 1 is 1.18 bits per heavy atom. The van der Waals surface area contributed by atoms with Crippen LogP contribution in [0.5, 0.6) is 0 Å². The van der Waals surface area contributed by atoms with Gasteiger partial charge in [0.2, 0.25) is 0 Å². The molecule has 1 fully saturated rings. The third-order valence-corrected chi connectivity index (χ3v) is 8.53. The molecule has 2 aromatic carbocycles. The molecule has 172 valence electrons. The third kappa shape index (κ3) is 4.64. The second-order valence-corrected chi connectivity index (χ2v) is 11.7. The number of rotatable bonds is 6. The summed E-state index contributed by atoms with van der Waals surface area (Å²) < 4.78 is 31.7. The van der Waals surface area contributed by atoms with Crippen LogP contribution < -0.4 is 4.90 Å². The molecule has 1 aliphatic heterocycles. The maximum absolute atomic E-state index is 13.7. The normalized spacial score (nSPS) is 15.3. The lowest BCUT2D eigenvalue weighted by Crippen LogP contribution is -2.43. The molecule has 0 radical (unpaired) electrons. The Morgan fingerprint density at radius 2 is 2.00 bits per heavy atom. The number of thiazole rings is 2. The minimum absolute atomic E-state index is 0.168. The van der Waals surface area contributed by atoms with Gasteiger partial charge in [-0.3, -0.25) is 14.6 Å². The number of aromatic nitrogens is 2. The van der Waals surface area contributed by atoms with Crippen LogP contribution in [-0.2, 0) is 14.6 Å². The molecular formula is C22H22N4O4S3. The van der Waals surface area contributed by atoms with Crippen LogP contribution in [0.1, 0.15) is 10.4 Å². The first-order chi connectivity index (χ1) is 15.9. The lowest BCUT2D eigenvalue weighted by molar-refractivity contribution is 0.0391. The fourth-order valence-corrected chi connectivity index (χ4v) is 6.45. The van der Waals surface area contributed by atoms with Crippen LogP contribution in [0.15, 0.2) is 46.8 Å². The number of fused-ring (bicyclic) bond motifs is 2. The van der Waals surface area contributed by atoms with Crippen molar-refractivity contribution in [2.45, 2.75) is 4.90 Å². The molecule has 0 N–H and O–H groups in total. The molecule has 1 aliphatic rings. The van der Waals surface area contributed by atoms with E-state index < -0.39 is 9.84 Å². The van der Waals surface area contributed by atoms with Gasteiger partial charge in [0, 0.05) is 38.0 Å². The van der Waals surface area contributed by atoms with Gasteiger partial charge in [-0.1, -0.05) is 17.4 Å². The van der Waals surface area contributed by atoms with E-state index in [-0.39, 0.29) is 10.8 Å². The van der Waals surface area contributed by atoms with Gasteiger partial charge in [0.1, 0.15) is 5.52 Å². The minimum atomic E-state index is -3.45. The summed E-state index contributed by atoms with van der Waals surface area (Å²) in [5.74, 6) is -0.168. The van der Waals surface area contributed by atoms with Crippen molar-refractivity contribution in [3.8, 4) is 0 Å². The molecule has 5 rings (SSSR count). The van der Waals surface area contributed by atoms with Gasteiger partial charge in [-0.25, -0.2) is 18.4 Å². The van der Waals surface area contributed by atoms with Crippen molar-refractivity contribution in [3.05, 3.63) is 47.5 Å². The zero-order valence-electron chi connectivity index (χ0n) is 17.9. The smallest absolute Gasteiger partial charge is 0.260 e. The van der Waals surface area contributed by atoms with Crippen LogP contribution in [0.4, 0.5) is 5.13 Å². The molecule has 0 aliphatic carbocycles. The number of sulfone groups is 1. The molecule has 8 nitrogen and oxygen atoms in total. The molecule has 2 aromatic heterocycles. The summed E-state index contributed by atoms with van der Waals surface area (Å²) in [6, 6.07) is 10.6. The number of nitrogens with zero attached hydrogens (tertiary/aromatic N) is 4. The van der Waals surface area contributed by atoms with Gasteiger partial charge in [-0.05, 0) is 30.3 Å². The summed E-state index contributed by atoms with van der Waals surface area (Å²) in [5, 5.41) is 0.490. The van der Waals surface area contributed by atoms with Gasteiger partial charge < -0.3 is 4.74 Å². The Balaban J connectivity index is 1.53. The Morgan fingerprint density at radius 3 is 2.79 bits per heavy atom. The largest absolute Gasteiger partial charge is 0.379 e. The van der Waals surface area contributed by atoms with Gasteiger partial charge in [0.15, 0.2) is 15.0 Å². The summed E-state index contributed by atoms with van der Waals surface area (Å²) in [4.78, 5) is 26.7. The summed E-state index contributed by atoms with van der Waals surface area (Å²) in [7, 11) is -3.45. The average molecular weight is 503 g/mol.